The number of rotatable bonds is 7. The average Bonchev–Trinajstić information content (AvgIpc) is 2.55. The monoisotopic (exact) mass is 329 g/mol. The van der Waals surface area contributed by atoms with E-state index >= 15 is 0 Å². The van der Waals surface area contributed by atoms with Crippen LogP contribution >= 0.6 is 0 Å². The van der Waals surface area contributed by atoms with E-state index in [0.717, 1.165) is 12.8 Å². The molecule has 2 aromatic rings. The number of carbonyl (C=O) groups excluding carboxylic acids is 1. The van der Waals surface area contributed by atoms with Gasteiger partial charge in [0.25, 0.3) is 5.69 Å². The summed E-state index contributed by atoms with van der Waals surface area (Å²) in [7, 11) is 0. The van der Waals surface area contributed by atoms with Crippen molar-refractivity contribution in [3.8, 4) is 5.75 Å². The second-order valence-corrected chi connectivity index (χ2v) is 5.12. The second-order valence-electron chi connectivity index (χ2n) is 5.12. The number of nitro benzene ring substituents is 1. The minimum atomic E-state index is -0.514. The predicted molar refractivity (Wildman–Crippen MR) is 92.6 cm³/mol. The van der Waals surface area contributed by atoms with Crippen LogP contribution in [-0.2, 0) is 0 Å². The van der Waals surface area contributed by atoms with Crippen molar-refractivity contribution in [3.63, 3.8) is 0 Å². The first kappa shape index (κ1) is 17.3. The van der Waals surface area contributed by atoms with Crippen LogP contribution in [0.25, 0.3) is 0 Å². The largest absolute Gasteiger partial charge is 0.494 e. The highest BCUT2D eigenvalue weighted by Gasteiger charge is 2.08. The number of amides is 2. The van der Waals surface area contributed by atoms with Gasteiger partial charge in [-0.3, -0.25) is 10.1 Å². The lowest BCUT2D eigenvalue weighted by Crippen LogP contribution is -2.19. The topological polar surface area (TPSA) is 93.5 Å². The van der Waals surface area contributed by atoms with Gasteiger partial charge in [-0.15, -0.1) is 0 Å². The average molecular weight is 329 g/mol. The first-order valence-electron chi connectivity index (χ1n) is 7.64. The van der Waals surface area contributed by atoms with E-state index in [1.165, 1.54) is 18.2 Å². The van der Waals surface area contributed by atoms with E-state index in [4.69, 9.17) is 4.74 Å². The van der Waals surface area contributed by atoms with Crippen LogP contribution in [0.1, 0.15) is 19.8 Å². The number of benzene rings is 2. The molecule has 0 radical (unpaired) electrons. The summed E-state index contributed by atoms with van der Waals surface area (Å²) in [5, 5.41) is 16.0. The Labute approximate surface area is 139 Å². The third-order valence-electron chi connectivity index (χ3n) is 3.17. The number of hydrogen-bond acceptors (Lipinski definition) is 4. The molecule has 0 saturated heterocycles. The summed E-state index contributed by atoms with van der Waals surface area (Å²) in [6.45, 7) is 2.71. The molecule has 2 rings (SSSR count). The number of anilines is 2. The normalized spacial score (nSPS) is 10.0. The molecular weight excluding hydrogens is 310 g/mol. The van der Waals surface area contributed by atoms with Gasteiger partial charge in [0.05, 0.1) is 11.5 Å². The number of carbonyl (C=O) groups is 1. The van der Waals surface area contributed by atoms with Crippen molar-refractivity contribution in [1.29, 1.82) is 0 Å². The highest BCUT2D eigenvalue weighted by Crippen LogP contribution is 2.19. The maximum atomic E-state index is 12.0. The first-order valence-corrected chi connectivity index (χ1v) is 7.64. The summed E-state index contributed by atoms with van der Waals surface area (Å²) in [5.41, 5.74) is 0.836. The summed E-state index contributed by atoms with van der Waals surface area (Å²) in [4.78, 5) is 22.2. The fourth-order valence-corrected chi connectivity index (χ4v) is 1.99. The van der Waals surface area contributed by atoms with Crippen LogP contribution in [0.15, 0.2) is 48.5 Å². The van der Waals surface area contributed by atoms with E-state index in [-0.39, 0.29) is 5.69 Å². The Balaban J connectivity index is 1.96. The molecule has 2 N–H and O–H groups in total. The number of ether oxygens (including phenoxy) is 1. The number of nitrogens with one attached hydrogen (secondary N) is 2. The smallest absolute Gasteiger partial charge is 0.323 e. The summed E-state index contributed by atoms with van der Waals surface area (Å²) in [5.74, 6) is 0.677. The highest BCUT2D eigenvalue weighted by molar-refractivity contribution is 6.00. The van der Waals surface area contributed by atoms with Gasteiger partial charge in [0.2, 0.25) is 0 Å². The SMILES string of the molecule is CCCCOc1cccc(NC(=O)Nc2cccc([N+](=O)[O-])c2)c1. The van der Waals surface area contributed by atoms with E-state index < -0.39 is 11.0 Å². The van der Waals surface area contributed by atoms with Crippen LogP contribution in [0, 0.1) is 10.1 Å². The summed E-state index contributed by atoms with van der Waals surface area (Å²) in [6, 6.07) is 12.3. The number of hydrogen-bond donors (Lipinski definition) is 2. The Morgan fingerprint density at radius 1 is 1.12 bits per heavy atom. The van der Waals surface area contributed by atoms with Crippen LogP contribution < -0.4 is 15.4 Å². The second kappa shape index (κ2) is 8.52. The third-order valence-corrected chi connectivity index (χ3v) is 3.17. The number of urea groups is 1. The van der Waals surface area contributed by atoms with Gasteiger partial charge in [-0.05, 0) is 24.6 Å². The van der Waals surface area contributed by atoms with E-state index in [1.54, 1.807) is 24.3 Å². The Hall–Kier alpha value is -3.09. The Morgan fingerprint density at radius 3 is 2.46 bits per heavy atom. The zero-order valence-corrected chi connectivity index (χ0v) is 13.3. The van der Waals surface area contributed by atoms with Crippen molar-refractivity contribution >= 4 is 23.1 Å². The zero-order valence-electron chi connectivity index (χ0n) is 13.3. The Morgan fingerprint density at radius 2 is 1.79 bits per heavy atom. The molecule has 7 nitrogen and oxygen atoms in total. The van der Waals surface area contributed by atoms with Gasteiger partial charge in [0.1, 0.15) is 5.75 Å². The highest BCUT2D eigenvalue weighted by atomic mass is 16.6. The van der Waals surface area contributed by atoms with Crippen LogP contribution in [0.4, 0.5) is 21.9 Å². The first-order chi connectivity index (χ1) is 11.6. The summed E-state index contributed by atoms with van der Waals surface area (Å²) in [6.07, 6.45) is 2.01. The Kier molecular flexibility index (Phi) is 6.13. The van der Waals surface area contributed by atoms with Crippen molar-refractivity contribution in [2.24, 2.45) is 0 Å². The van der Waals surface area contributed by atoms with Gasteiger partial charge >= 0.3 is 6.03 Å². The predicted octanol–water partition coefficient (Wildman–Crippen LogP) is 4.42. The molecule has 0 spiro atoms. The van der Waals surface area contributed by atoms with Crippen molar-refractivity contribution in [2.45, 2.75) is 19.8 Å². The number of unbranched alkanes of at least 4 members (excludes halogenated alkanes) is 1. The van der Waals surface area contributed by atoms with Gasteiger partial charge in [-0.25, -0.2) is 4.79 Å². The Bertz CT molecular complexity index is 718. The molecule has 2 amide bonds. The molecule has 0 saturated carbocycles. The molecule has 0 aliphatic carbocycles. The zero-order chi connectivity index (χ0) is 17.4. The van der Waals surface area contributed by atoms with Crippen LogP contribution in [0.5, 0.6) is 5.75 Å². The molecule has 0 fully saturated rings. The van der Waals surface area contributed by atoms with Crippen LogP contribution in [0.3, 0.4) is 0 Å². The molecule has 7 heteroatoms. The van der Waals surface area contributed by atoms with Gasteiger partial charge in [0.15, 0.2) is 0 Å². The fraction of sp³-hybridized carbons (Fsp3) is 0.235. The molecule has 0 aromatic heterocycles. The van der Waals surface area contributed by atoms with E-state index in [1.807, 2.05) is 6.07 Å². The van der Waals surface area contributed by atoms with Crippen molar-refractivity contribution in [3.05, 3.63) is 58.6 Å². The third kappa shape index (κ3) is 5.28. The minimum absolute atomic E-state index is 0.0841. The maximum Gasteiger partial charge on any atom is 0.323 e. The lowest BCUT2D eigenvalue weighted by Gasteiger charge is -2.10. The van der Waals surface area contributed by atoms with Gasteiger partial charge in [-0.2, -0.15) is 0 Å². The van der Waals surface area contributed by atoms with E-state index in [9.17, 15) is 14.9 Å². The molecule has 126 valence electrons. The molecule has 0 aliphatic rings. The number of nitro groups is 1. The van der Waals surface area contributed by atoms with Gasteiger partial charge in [0, 0.05) is 29.6 Å². The lowest BCUT2D eigenvalue weighted by atomic mass is 10.3. The molecular formula is C17H19N3O4. The molecule has 2 aromatic carbocycles. The molecule has 0 atom stereocenters. The minimum Gasteiger partial charge on any atom is -0.494 e. The van der Waals surface area contributed by atoms with E-state index in [0.29, 0.717) is 23.7 Å². The molecule has 0 aliphatic heterocycles. The summed E-state index contributed by atoms with van der Waals surface area (Å²) < 4.78 is 5.58. The van der Waals surface area contributed by atoms with Crippen molar-refractivity contribution < 1.29 is 14.5 Å². The van der Waals surface area contributed by atoms with Crippen LogP contribution in [-0.4, -0.2) is 17.6 Å². The number of non-ortho nitro benzene ring substituents is 1. The summed E-state index contributed by atoms with van der Waals surface area (Å²) >= 11 is 0. The molecule has 0 bridgehead atoms. The quantitative estimate of drug-likeness (QED) is 0.447. The maximum absolute atomic E-state index is 12.0. The molecule has 0 heterocycles. The molecule has 24 heavy (non-hydrogen) atoms. The standard InChI is InChI=1S/C17H19N3O4/c1-2-3-10-24-16-9-5-7-14(12-16)19-17(21)18-13-6-4-8-15(11-13)20(22)23/h4-9,11-12H,2-3,10H2,1H3,(H2,18,19,21). The molecule has 0 unspecified atom stereocenters. The van der Waals surface area contributed by atoms with E-state index in [2.05, 4.69) is 17.6 Å². The van der Waals surface area contributed by atoms with Gasteiger partial charge in [-0.1, -0.05) is 25.5 Å². The van der Waals surface area contributed by atoms with Gasteiger partial charge < -0.3 is 15.4 Å². The fourth-order valence-electron chi connectivity index (χ4n) is 1.99. The lowest BCUT2D eigenvalue weighted by molar-refractivity contribution is -0.384. The van der Waals surface area contributed by atoms with Crippen molar-refractivity contribution in [2.75, 3.05) is 17.2 Å². The number of nitrogens with zero attached hydrogens (tertiary/aromatic N) is 1. The van der Waals surface area contributed by atoms with Crippen LogP contribution in [0.2, 0.25) is 0 Å². The van der Waals surface area contributed by atoms with Crippen molar-refractivity contribution in [1.82, 2.24) is 0 Å².